The molecule has 1 unspecified atom stereocenters. The summed E-state index contributed by atoms with van der Waals surface area (Å²) in [5, 5.41) is 1.24. The summed E-state index contributed by atoms with van der Waals surface area (Å²) in [6, 6.07) is 6.00. The minimum absolute atomic E-state index is 0.224. The summed E-state index contributed by atoms with van der Waals surface area (Å²) in [5.74, 6) is -0.224. The van der Waals surface area contributed by atoms with Gasteiger partial charge >= 0.3 is 5.97 Å². The van der Waals surface area contributed by atoms with Gasteiger partial charge in [0.1, 0.15) is 0 Å². The van der Waals surface area contributed by atoms with Gasteiger partial charge in [-0.2, -0.15) is 0 Å². The Morgan fingerprint density at radius 1 is 1.38 bits per heavy atom. The number of ether oxygens (including phenoxy) is 2. The van der Waals surface area contributed by atoms with Gasteiger partial charge in [0.25, 0.3) is 0 Å². The zero-order valence-corrected chi connectivity index (χ0v) is 15.0. The van der Waals surface area contributed by atoms with E-state index in [-0.39, 0.29) is 5.97 Å². The number of aromatic nitrogens is 1. The summed E-state index contributed by atoms with van der Waals surface area (Å²) in [5.41, 5.74) is 4.89. The van der Waals surface area contributed by atoms with E-state index in [0.29, 0.717) is 13.2 Å². The number of benzene rings is 1. The molecule has 5 nitrogen and oxygen atoms in total. The molecule has 0 fully saturated rings. The highest BCUT2D eigenvalue weighted by Crippen LogP contribution is 2.34. The molecular weight excluding hydrogens is 304 g/mol. The molecule has 0 amide bonds. The van der Waals surface area contributed by atoms with Crippen LogP contribution in [0.5, 0.6) is 0 Å². The van der Waals surface area contributed by atoms with E-state index in [0.717, 1.165) is 25.0 Å². The molecular formula is C19H26N2O3. The van der Waals surface area contributed by atoms with Crippen molar-refractivity contribution in [3.05, 3.63) is 35.0 Å². The number of carbonyl (C=O) groups excluding carboxylic acids is 1. The SMILES string of the molecule is CCOC(=O)C(COC)n1c2c(c3cc(C)ccc31)CN(C)CC2. The van der Waals surface area contributed by atoms with E-state index in [2.05, 4.69) is 41.6 Å². The third-order valence-corrected chi connectivity index (χ3v) is 4.73. The smallest absolute Gasteiger partial charge is 0.331 e. The minimum Gasteiger partial charge on any atom is -0.464 e. The van der Waals surface area contributed by atoms with Crippen LogP contribution in [0.4, 0.5) is 0 Å². The first-order valence-corrected chi connectivity index (χ1v) is 8.53. The van der Waals surface area contributed by atoms with Crippen molar-refractivity contribution in [2.24, 2.45) is 0 Å². The fraction of sp³-hybridized carbons (Fsp3) is 0.526. The van der Waals surface area contributed by atoms with Gasteiger partial charge in [-0.3, -0.25) is 0 Å². The Bertz CT molecular complexity index is 751. The van der Waals surface area contributed by atoms with Crippen LogP contribution in [-0.4, -0.2) is 49.4 Å². The molecule has 130 valence electrons. The fourth-order valence-corrected chi connectivity index (χ4v) is 3.64. The Morgan fingerprint density at radius 3 is 2.88 bits per heavy atom. The van der Waals surface area contributed by atoms with Crippen LogP contribution in [0.3, 0.4) is 0 Å². The Labute approximate surface area is 143 Å². The van der Waals surface area contributed by atoms with Crippen LogP contribution < -0.4 is 0 Å². The quantitative estimate of drug-likeness (QED) is 0.791. The van der Waals surface area contributed by atoms with Crippen LogP contribution in [0.15, 0.2) is 18.2 Å². The monoisotopic (exact) mass is 330 g/mol. The molecule has 1 aliphatic rings. The van der Waals surface area contributed by atoms with E-state index in [1.165, 1.54) is 22.2 Å². The highest BCUT2D eigenvalue weighted by Gasteiger charge is 2.30. The van der Waals surface area contributed by atoms with E-state index in [4.69, 9.17) is 9.47 Å². The van der Waals surface area contributed by atoms with Gasteiger partial charge in [0.2, 0.25) is 0 Å². The summed E-state index contributed by atoms with van der Waals surface area (Å²) >= 11 is 0. The number of rotatable bonds is 5. The zero-order chi connectivity index (χ0) is 17.3. The summed E-state index contributed by atoms with van der Waals surface area (Å²) in [6.07, 6.45) is 0.930. The van der Waals surface area contributed by atoms with E-state index < -0.39 is 6.04 Å². The first kappa shape index (κ1) is 17.0. The van der Waals surface area contributed by atoms with Gasteiger partial charge in [0.15, 0.2) is 6.04 Å². The molecule has 2 aromatic rings. The number of likely N-dealkylation sites (N-methyl/N-ethyl adjacent to an activating group) is 1. The minimum atomic E-state index is -0.438. The zero-order valence-electron chi connectivity index (χ0n) is 15.0. The van der Waals surface area contributed by atoms with E-state index in [1.807, 2.05) is 6.92 Å². The van der Waals surface area contributed by atoms with Crippen molar-refractivity contribution in [2.75, 3.05) is 33.9 Å². The lowest BCUT2D eigenvalue weighted by Gasteiger charge is -2.26. The molecule has 3 rings (SSSR count). The lowest BCUT2D eigenvalue weighted by atomic mass is 10.0. The second-order valence-electron chi connectivity index (χ2n) is 6.53. The van der Waals surface area contributed by atoms with Gasteiger partial charge in [0.05, 0.1) is 13.2 Å². The number of hydrogen-bond donors (Lipinski definition) is 0. The molecule has 0 bridgehead atoms. The fourth-order valence-electron chi connectivity index (χ4n) is 3.64. The number of aryl methyl sites for hydroxylation is 1. The van der Waals surface area contributed by atoms with Crippen molar-refractivity contribution in [1.29, 1.82) is 0 Å². The standard InChI is InChI=1S/C19H26N2O3/c1-5-24-19(22)18(12-23-4)21-16-7-6-13(2)10-14(16)15-11-20(3)9-8-17(15)21/h6-7,10,18H,5,8-9,11-12H2,1-4H3. The molecule has 1 atom stereocenters. The van der Waals surface area contributed by atoms with Crippen LogP contribution in [0.1, 0.15) is 29.8 Å². The molecule has 1 aromatic heterocycles. The number of methoxy groups -OCH3 is 1. The van der Waals surface area contributed by atoms with Crippen molar-refractivity contribution < 1.29 is 14.3 Å². The molecule has 0 aliphatic carbocycles. The average molecular weight is 330 g/mol. The summed E-state index contributed by atoms with van der Waals surface area (Å²) in [4.78, 5) is 14.9. The van der Waals surface area contributed by atoms with Crippen molar-refractivity contribution in [3.8, 4) is 0 Å². The van der Waals surface area contributed by atoms with Crippen LogP contribution in [0, 0.1) is 6.92 Å². The predicted molar refractivity (Wildman–Crippen MR) is 94.3 cm³/mol. The molecule has 0 N–H and O–H groups in total. The second kappa shape index (κ2) is 6.95. The van der Waals surface area contributed by atoms with E-state index in [1.54, 1.807) is 7.11 Å². The van der Waals surface area contributed by atoms with Gasteiger partial charge < -0.3 is 18.9 Å². The van der Waals surface area contributed by atoms with Crippen LogP contribution in [0.25, 0.3) is 10.9 Å². The molecule has 0 saturated heterocycles. The van der Waals surface area contributed by atoms with Gasteiger partial charge in [-0.15, -0.1) is 0 Å². The number of carbonyl (C=O) groups is 1. The third kappa shape index (κ3) is 2.94. The molecule has 0 radical (unpaired) electrons. The molecule has 1 aromatic carbocycles. The highest BCUT2D eigenvalue weighted by atomic mass is 16.5. The molecule has 1 aliphatic heterocycles. The Hall–Kier alpha value is -1.85. The second-order valence-corrected chi connectivity index (χ2v) is 6.53. The summed E-state index contributed by atoms with van der Waals surface area (Å²) in [7, 11) is 3.77. The first-order chi connectivity index (χ1) is 11.6. The molecule has 5 heteroatoms. The van der Waals surface area contributed by atoms with Crippen LogP contribution in [-0.2, 0) is 27.2 Å². The maximum absolute atomic E-state index is 12.6. The van der Waals surface area contributed by atoms with Crippen LogP contribution in [0.2, 0.25) is 0 Å². The lowest BCUT2D eigenvalue weighted by molar-refractivity contribution is -0.148. The molecule has 0 spiro atoms. The highest BCUT2D eigenvalue weighted by molar-refractivity contribution is 5.89. The van der Waals surface area contributed by atoms with E-state index >= 15 is 0 Å². The van der Waals surface area contributed by atoms with Gasteiger partial charge in [0, 0.05) is 43.2 Å². The number of esters is 1. The number of fused-ring (bicyclic) bond motifs is 3. The maximum Gasteiger partial charge on any atom is 0.331 e. The normalized spacial score (nSPS) is 16.2. The average Bonchev–Trinajstić information content (AvgIpc) is 2.86. The van der Waals surface area contributed by atoms with Crippen molar-refractivity contribution in [3.63, 3.8) is 0 Å². The Kier molecular flexibility index (Phi) is 4.92. The predicted octanol–water partition coefficient (Wildman–Crippen LogP) is 2.69. The first-order valence-electron chi connectivity index (χ1n) is 8.53. The molecule has 0 saturated carbocycles. The van der Waals surface area contributed by atoms with Crippen molar-refractivity contribution in [2.45, 2.75) is 32.9 Å². The van der Waals surface area contributed by atoms with Gasteiger partial charge in [-0.25, -0.2) is 4.79 Å². The topological polar surface area (TPSA) is 43.7 Å². The Morgan fingerprint density at radius 2 is 2.17 bits per heavy atom. The number of hydrogen-bond acceptors (Lipinski definition) is 4. The van der Waals surface area contributed by atoms with Gasteiger partial charge in [-0.05, 0) is 38.6 Å². The number of nitrogens with zero attached hydrogens (tertiary/aromatic N) is 2. The van der Waals surface area contributed by atoms with Gasteiger partial charge in [-0.1, -0.05) is 11.6 Å². The molecule has 24 heavy (non-hydrogen) atoms. The van der Waals surface area contributed by atoms with E-state index in [9.17, 15) is 4.79 Å². The maximum atomic E-state index is 12.6. The summed E-state index contributed by atoms with van der Waals surface area (Å²) in [6.45, 7) is 6.54. The Balaban J connectivity index is 2.20. The van der Waals surface area contributed by atoms with Crippen LogP contribution >= 0.6 is 0 Å². The lowest BCUT2D eigenvalue weighted by Crippen LogP contribution is -2.31. The molecule has 2 heterocycles. The third-order valence-electron chi connectivity index (χ3n) is 4.73. The summed E-state index contributed by atoms with van der Waals surface area (Å²) < 4.78 is 12.8. The van der Waals surface area contributed by atoms with Crippen molar-refractivity contribution in [1.82, 2.24) is 9.47 Å². The van der Waals surface area contributed by atoms with Crippen molar-refractivity contribution >= 4 is 16.9 Å². The largest absolute Gasteiger partial charge is 0.464 e.